The lowest BCUT2D eigenvalue weighted by Crippen LogP contribution is -2.12. The van der Waals surface area contributed by atoms with E-state index in [1.807, 2.05) is 42.5 Å². The Labute approximate surface area is 126 Å². The Bertz CT molecular complexity index is 974. The number of hydrogen-bond acceptors (Lipinski definition) is 3. The Morgan fingerprint density at radius 2 is 1.82 bits per heavy atom. The van der Waals surface area contributed by atoms with Gasteiger partial charge in [-0.1, -0.05) is 30.3 Å². The van der Waals surface area contributed by atoms with Crippen molar-refractivity contribution in [2.24, 2.45) is 0 Å². The number of furan rings is 1. The SMILES string of the molecule is O=C(Nc1cccc2c1oc1ccccc12)c1cccnc1. The van der Waals surface area contributed by atoms with Gasteiger partial charge in [0, 0.05) is 23.2 Å². The number of rotatable bonds is 2. The number of para-hydroxylation sites is 2. The predicted molar refractivity (Wildman–Crippen MR) is 85.9 cm³/mol. The van der Waals surface area contributed by atoms with E-state index in [0.717, 1.165) is 16.4 Å². The number of anilines is 1. The van der Waals surface area contributed by atoms with Gasteiger partial charge in [0.2, 0.25) is 0 Å². The van der Waals surface area contributed by atoms with E-state index in [9.17, 15) is 4.79 Å². The van der Waals surface area contributed by atoms with Crippen molar-refractivity contribution in [3.05, 3.63) is 72.6 Å². The van der Waals surface area contributed by atoms with E-state index in [2.05, 4.69) is 10.3 Å². The number of nitrogens with one attached hydrogen (secondary N) is 1. The molecule has 4 nitrogen and oxygen atoms in total. The molecule has 4 aromatic rings. The second-order valence-corrected chi connectivity index (χ2v) is 4.98. The number of aromatic nitrogens is 1. The first kappa shape index (κ1) is 12.6. The van der Waals surface area contributed by atoms with Crippen LogP contribution in [0.2, 0.25) is 0 Å². The Hall–Kier alpha value is -3.14. The minimum absolute atomic E-state index is 0.207. The summed E-state index contributed by atoms with van der Waals surface area (Å²) in [5.41, 5.74) is 2.65. The highest BCUT2D eigenvalue weighted by molar-refractivity contribution is 6.13. The third-order valence-electron chi connectivity index (χ3n) is 3.58. The van der Waals surface area contributed by atoms with Crippen molar-refractivity contribution in [2.45, 2.75) is 0 Å². The fourth-order valence-corrected chi connectivity index (χ4v) is 2.54. The topological polar surface area (TPSA) is 55.1 Å². The molecule has 0 aliphatic heterocycles. The number of hydrogen-bond donors (Lipinski definition) is 1. The number of nitrogens with zero attached hydrogens (tertiary/aromatic N) is 1. The molecule has 0 fully saturated rings. The predicted octanol–water partition coefficient (Wildman–Crippen LogP) is 4.23. The molecule has 0 atom stereocenters. The zero-order valence-corrected chi connectivity index (χ0v) is 11.6. The highest BCUT2D eigenvalue weighted by Crippen LogP contribution is 2.33. The molecular formula is C18H12N2O2. The second-order valence-electron chi connectivity index (χ2n) is 4.98. The lowest BCUT2D eigenvalue weighted by Gasteiger charge is -2.05. The Kier molecular flexibility index (Phi) is 2.86. The molecule has 0 aliphatic rings. The van der Waals surface area contributed by atoms with Crippen LogP contribution >= 0.6 is 0 Å². The zero-order valence-electron chi connectivity index (χ0n) is 11.6. The zero-order chi connectivity index (χ0) is 14.9. The van der Waals surface area contributed by atoms with Crippen molar-refractivity contribution in [1.29, 1.82) is 0 Å². The van der Waals surface area contributed by atoms with Crippen LogP contribution in [-0.2, 0) is 0 Å². The van der Waals surface area contributed by atoms with Gasteiger partial charge in [0.05, 0.1) is 11.3 Å². The fourth-order valence-electron chi connectivity index (χ4n) is 2.54. The maximum absolute atomic E-state index is 12.3. The van der Waals surface area contributed by atoms with Crippen molar-refractivity contribution in [2.75, 3.05) is 5.32 Å². The lowest BCUT2D eigenvalue weighted by atomic mass is 10.1. The molecule has 2 aromatic heterocycles. The normalized spacial score (nSPS) is 10.9. The number of benzene rings is 2. The Morgan fingerprint density at radius 1 is 0.955 bits per heavy atom. The Balaban J connectivity index is 1.80. The highest BCUT2D eigenvalue weighted by Gasteiger charge is 2.13. The highest BCUT2D eigenvalue weighted by atomic mass is 16.3. The largest absolute Gasteiger partial charge is 0.454 e. The summed E-state index contributed by atoms with van der Waals surface area (Å²) < 4.78 is 5.89. The Morgan fingerprint density at radius 3 is 2.68 bits per heavy atom. The van der Waals surface area contributed by atoms with Crippen LogP contribution in [0, 0.1) is 0 Å². The summed E-state index contributed by atoms with van der Waals surface area (Å²) >= 11 is 0. The minimum atomic E-state index is -0.207. The van der Waals surface area contributed by atoms with Gasteiger partial charge in [0.25, 0.3) is 5.91 Å². The van der Waals surface area contributed by atoms with Crippen LogP contribution in [-0.4, -0.2) is 10.9 Å². The van der Waals surface area contributed by atoms with Crippen molar-refractivity contribution in [3.63, 3.8) is 0 Å². The van der Waals surface area contributed by atoms with Crippen LogP contribution in [0.15, 0.2) is 71.4 Å². The maximum Gasteiger partial charge on any atom is 0.257 e. The van der Waals surface area contributed by atoms with Gasteiger partial charge >= 0.3 is 0 Å². The number of amides is 1. The van der Waals surface area contributed by atoms with Crippen LogP contribution in [0.4, 0.5) is 5.69 Å². The van der Waals surface area contributed by atoms with Crippen molar-refractivity contribution < 1.29 is 9.21 Å². The molecule has 0 bridgehead atoms. The van der Waals surface area contributed by atoms with Gasteiger partial charge in [0.15, 0.2) is 5.58 Å². The molecule has 1 amide bonds. The van der Waals surface area contributed by atoms with Gasteiger partial charge in [-0.15, -0.1) is 0 Å². The molecule has 1 N–H and O–H groups in total. The van der Waals surface area contributed by atoms with Crippen LogP contribution in [0.25, 0.3) is 21.9 Å². The van der Waals surface area contributed by atoms with Crippen LogP contribution in [0.5, 0.6) is 0 Å². The van der Waals surface area contributed by atoms with Crippen LogP contribution < -0.4 is 5.32 Å². The fraction of sp³-hybridized carbons (Fsp3) is 0. The molecule has 0 saturated heterocycles. The summed E-state index contributed by atoms with van der Waals surface area (Å²) in [4.78, 5) is 16.2. The van der Waals surface area contributed by atoms with Crippen molar-refractivity contribution in [1.82, 2.24) is 4.98 Å². The number of carbonyl (C=O) groups excluding carboxylic acids is 1. The standard InChI is InChI=1S/C18H12N2O2/c21-18(12-5-4-10-19-11-12)20-15-8-3-7-14-13-6-1-2-9-16(13)22-17(14)15/h1-11H,(H,20,21). The van der Waals surface area contributed by atoms with Crippen molar-refractivity contribution >= 4 is 33.5 Å². The third kappa shape index (κ3) is 2.02. The van der Waals surface area contributed by atoms with Crippen LogP contribution in [0.3, 0.4) is 0 Å². The molecule has 0 aliphatic carbocycles. The molecule has 4 rings (SSSR count). The van der Waals surface area contributed by atoms with E-state index < -0.39 is 0 Å². The van der Waals surface area contributed by atoms with E-state index in [1.165, 1.54) is 6.20 Å². The van der Waals surface area contributed by atoms with Gasteiger partial charge in [0.1, 0.15) is 5.58 Å². The molecule has 2 heterocycles. The quantitative estimate of drug-likeness (QED) is 0.600. The number of fused-ring (bicyclic) bond motifs is 3. The summed E-state index contributed by atoms with van der Waals surface area (Å²) in [5, 5.41) is 4.91. The summed E-state index contributed by atoms with van der Waals surface area (Å²) in [7, 11) is 0. The summed E-state index contributed by atoms with van der Waals surface area (Å²) in [6.45, 7) is 0. The average Bonchev–Trinajstić information content (AvgIpc) is 2.95. The average molecular weight is 288 g/mol. The molecule has 0 unspecified atom stereocenters. The molecule has 22 heavy (non-hydrogen) atoms. The van der Waals surface area contributed by atoms with Gasteiger partial charge in [-0.25, -0.2) is 0 Å². The molecular weight excluding hydrogens is 276 g/mol. The second kappa shape index (κ2) is 5.00. The third-order valence-corrected chi connectivity index (χ3v) is 3.58. The molecule has 0 radical (unpaired) electrons. The molecule has 0 saturated carbocycles. The summed E-state index contributed by atoms with van der Waals surface area (Å²) in [6.07, 6.45) is 3.17. The van der Waals surface area contributed by atoms with E-state index in [-0.39, 0.29) is 5.91 Å². The van der Waals surface area contributed by atoms with Gasteiger partial charge in [-0.05, 0) is 24.3 Å². The van der Waals surface area contributed by atoms with E-state index >= 15 is 0 Å². The lowest BCUT2D eigenvalue weighted by molar-refractivity contribution is 0.102. The van der Waals surface area contributed by atoms with Gasteiger partial charge in [-0.3, -0.25) is 9.78 Å². The first-order valence-electron chi connectivity index (χ1n) is 6.94. The van der Waals surface area contributed by atoms with E-state index in [4.69, 9.17) is 4.42 Å². The number of pyridine rings is 1. The van der Waals surface area contributed by atoms with E-state index in [1.54, 1.807) is 18.3 Å². The van der Waals surface area contributed by atoms with E-state index in [0.29, 0.717) is 16.8 Å². The minimum Gasteiger partial charge on any atom is -0.454 e. The molecule has 0 spiro atoms. The summed E-state index contributed by atoms with van der Waals surface area (Å²) in [6, 6.07) is 17.0. The first-order valence-corrected chi connectivity index (χ1v) is 6.94. The monoisotopic (exact) mass is 288 g/mol. The van der Waals surface area contributed by atoms with Gasteiger partial charge in [-0.2, -0.15) is 0 Å². The molecule has 4 heteroatoms. The number of carbonyl (C=O) groups is 1. The van der Waals surface area contributed by atoms with Crippen LogP contribution in [0.1, 0.15) is 10.4 Å². The first-order chi connectivity index (χ1) is 10.8. The van der Waals surface area contributed by atoms with Gasteiger partial charge < -0.3 is 9.73 Å². The molecule has 2 aromatic carbocycles. The molecule has 106 valence electrons. The van der Waals surface area contributed by atoms with Crippen molar-refractivity contribution in [3.8, 4) is 0 Å². The maximum atomic E-state index is 12.3. The smallest absolute Gasteiger partial charge is 0.257 e. The summed E-state index contributed by atoms with van der Waals surface area (Å²) in [5.74, 6) is -0.207.